The zero-order valence-electron chi connectivity index (χ0n) is 14.6. The number of nitro groups is 1. The Kier molecular flexibility index (Phi) is 6.35. The van der Waals surface area contributed by atoms with Crippen molar-refractivity contribution in [3.63, 3.8) is 0 Å². The lowest BCUT2D eigenvalue weighted by Crippen LogP contribution is -2.24. The summed E-state index contributed by atoms with van der Waals surface area (Å²) < 4.78 is 10.9. The minimum absolute atomic E-state index is 0.0216. The van der Waals surface area contributed by atoms with Crippen molar-refractivity contribution < 1.29 is 29.1 Å². The van der Waals surface area contributed by atoms with E-state index in [0.29, 0.717) is 16.9 Å². The summed E-state index contributed by atoms with van der Waals surface area (Å²) in [5, 5.41) is 30.6. The molecule has 5 atom stereocenters. The maximum Gasteiger partial charge on any atom is 0.269 e. The summed E-state index contributed by atoms with van der Waals surface area (Å²) in [6, 6.07) is 7.51. The van der Waals surface area contributed by atoms with Gasteiger partial charge in [-0.15, -0.1) is 0 Å². The Morgan fingerprint density at radius 3 is 2.64 bits per heavy atom. The van der Waals surface area contributed by atoms with Gasteiger partial charge in [0.1, 0.15) is 29.8 Å². The number of aryl methyl sites for hydroxylation is 1. The van der Waals surface area contributed by atoms with E-state index in [1.54, 1.807) is 19.1 Å². The highest BCUT2D eigenvalue weighted by atomic mass is 79.9. The first-order valence-electron chi connectivity index (χ1n) is 8.35. The third kappa shape index (κ3) is 4.06. The second kappa shape index (κ2) is 8.42. The van der Waals surface area contributed by atoms with E-state index in [1.165, 1.54) is 18.2 Å². The van der Waals surface area contributed by atoms with Crippen molar-refractivity contribution in [3.8, 4) is 0 Å². The van der Waals surface area contributed by atoms with Gasteiger partial charge in [0, 0.05) is 12.1 Å². The number of ether oxygens (including phenoxy) is 1. The van der Waals surface area contributed by atoms with Crippen molar-refractivity contribution in [1.29, 1.82) is 0 Å². The maximum atomic E-state index is 12.9. The Morgan fingerprint density at radius 1 is 1.32 bits per heavy atom. The maximum absolute atomic E-state index is 12.9. The number of hydrogen-bond acceptors (Lipinski definition) is 7. The van der Waals surface area contributed by atoms with Gasteiger partial charge in [0.2, 0.25) is 0 Å². The molecule has 2 unspecified atom stereocenters. The number of halogens is 2. The molecule has 28 heavy (non-hydrogen) atoms. The number of furan rings is 1. The van der Waals surface area contributed by atoms with E-state index < -0.39 is 32.9 Å². The molecule has 2 heterocycles. The number of aliphatic hydroxyl groups excluding tert-OH is 2. The van der Waals surface area contributed by atoms with Gasteiger partial charge in [-0.1, -0.05) is 44.0 Å². The highest BCUT2D eigenvalue weighted by Crippen LogP contribution is 2.37. The van der Waals surface area contributed by atoms with Gasteiger partial charge in [0.25, 0.3) is 5.69 Å². The van der Waals surface area contributed by atoms with Crippen LogP contribution in [0.15, 0.2) is 34.7 Å². The first kappa shape index (κ1) is 21.1. The summed E-state index contributed by atoms with van der Waals surface area (Å²) in [4.78, 5) is 22.2. The Balaban J connectivity index is 1.82. The van der Waals surface area contributed by atoms with E-state index in [4.69, 9.17) is 9.15 Å². The van der Waals surface area contributed by atoms with Crippen LogP contribution in [-0.2, 0) is 4.74 Å². The van der Waals surface area contributed by atoms with E-state index in [1.807, 2.05) is 0 Å². The number of hydrogen-bond donors (Lipinski definition) is 2. The molecule has 1 aromatic carbocycles. The number of rotatable bonds is 6. The van der Waals surface area contributed by atoms with Crippen LogP contribution < -0.4 is 0 Å². The van der Waals surface area contributed by atoms with E-state index in [-0.39, 0.29) is 23.8 Å². The fourth-order valence-electron chi connectivity index (χ4n) is 3.00. The molecule has 1 aliphatic rings. The first-order valence-corrected chi connectivity index (χ1v) is 10.2. The van der Waals surface area contributed by atoms with Crippen molar-refractivity contribution >= 4 is 43.3 Å². The second-order valence-corrected chi connectivity index (χ2v) is 8.42. The number of ketones is 1. The molecule has 3 rings (SSSR count). The summed E-state index contributed by atoms with van der Waals surface area (Å²) in [6.45, 7) is 1.59. The minimum Gasteiger partial charge on any atom is -0.463 e. The molecule has 0 aliphatic carbocycles. The molecule has 1 fully saturated rings. The number of alkyl halides is 2. The van der Waals surface area contributed by atoms with Gasteiger partial charge in [-0.3, -0.25) is 14.9 Å². The van der Waals surface area contributed by atoms with Crippen LogP contribution >= 0.6 is 31.9 Å². The van der Waals surface area contributed by atoms with Crippen LogP contribution in [0.4, 0.5) is 5.69 Å². The van der Waals surface area contributed by atoms with Crippen molar-refractivity contribution in [2.45, 2.75) is 34.9 Å². The summed E-state index contributed by atoms with van der Waals surface area (Å²) in [6.07, 6.45) is -3.00. The van der Waals surface area contributed by atoms with Crippen molar-refractivity contribution in [2.75, 3.05) is 6.61 Å². The predicted octanol–water partition coefficient (Wildman–Crippen LogP) is 3.37. The van der Waals surface area contributed by atoms with E-state index in [2.05, 4.69) is 31.9 Å². The number of benzene rings is 1. The SMILES string of the molecule is Cc1oc([C@@H]2OC[C@@H](O)[C@H]2O)cc1C(=O)C(Br)C(Br)c1cccc([N+](=O)[O-])c1. The van der Waals surface area contributed by atoms with Crippen molar-refractivity contribution in [3.05, 3.63) is 63.1 Å². The quantitative estimate of drug-likeness (QED) is 0.260. The number of Topliss-reactive ketones (excluding diaryl/α,β-unsaturated/α-hetero) is 1. The molecule has 1 aliphatic heterocycles. The van der Waals surface area contributed by atoms with Crippen LogP contribution in [0.5, 0.6) is 0 Å². The molecule has 2 aromatic rings. The van der Waals surface area contributed by atoms with E-state index >= 15 is 0 Å². The summed E-state index contributed by atoms with van der Waals surface area (Å²) in [5.41, 5.74) is 0.800. The van der Waals surface area contributed by atoms with Crippen LogP contribution in [-0.4, -0.2) is 44.6 Å². The molecule has 2 N–H and O–H groups in total. The highest BCUT2D eigenvalue weighted by molar-refractivity contribution is 9.12. The average Bonchev–Trinajstić information content (AvgIpc) is 3.22. The van der Waals surface area contributed by atoms with E-state index in [9.17, 15) is 25.1 Å². The lowest BCUT2D eigenvalue weighted by Gasteiger charge is -2.15. The number of nitro benzene ring substituents is 1. The Hall–Kier alpha value is -1.59. The predicted molar refractivity (Wildman–Crippen MR) is 106 cm³/mol. The topological polar surface area (TPSA) is 123 Å². The lowest BCUT2D eigenvalue weighted by atomic mass is 10.0. The Labute approximate surface area is 176 Å². The zero-order valence-corrected chi connectivity index (χ0v) is 17.8. The van der Waals surface area contributed by atoms with Crippen LogP contribution in [0.25, 0.3) is 0 Å². The molecule has 0 radical (unpaired) electrons. The normalized spacial score (nSPS) is 24.1. The molecule has 0 saturated carbocycles. The summed E-state index contributed by atoms with van der Waals surface area (Å²) in [5.74, 6) is 0.306. The third-order valence-electron chi connectivity index (χ3n) is 4.54. The number of nitrogens with zero attached hydrogens (tertiary/aromatic N) is 1. The number of carbonyl (C=O) groups excluding carboxylic acids is 1. The first-order chi connectivity index (χ1) is 13.2. The van der Waals surface area contributed by atoms with Gasteiger partial charge in [-0.05, 0) is 18.6 Å². The van der Waals surface area contributed by atoms with Crippen molar-refractivity contribution in [2.24, 2.45) is 0 Å². The molecular weight excluding hydrogens is 502 g/mol. The standard InChI is InChI=1S/C18H17Br2NO7/c1-8-11(6-13(28-8)18-17(24)12(22)7-27-18)16(23)15(20)14(19)9-3-2-4-10(5-9)21(25)26/h2-6,12,14-15,17-18,22,24H,7H2,1H3/t12-,14?,15?,17-,18+/m1/s1. The molecule has 1 aromatic heterocycles. The van der Waals surface area contributed by atoms with Gasteiger partial charge >= 0.3 is 0 Å². The average molecular weight is 519 g/mol. The Bertz CT molecular complexity index is 900. The van der Waals surface area contributed by atoms with E-state index in [0.717, 1.165) is 0 Å². The van der Waals surface area contributed by atoms with Crippen LogP contribution in [0, 0.1) is 17.0 Å². The molecule has 0 spiro atoms. The number of aliphatic hydroxyl groups is 2. The molecule has 0 bridgehead atoms. The van der Waals surface area contributed by atoms with Gasteiger partial charge in [-0.2, -0.15) is 0 Å². The van der Waals surface area contributed by atoms with Gasteiger partial charge in [-0.25, -0.2) is 0 Å². The minimum atomic E-state index is -1.14. The van der Waals surface area contributed by atoms with Gasteiger partial charge in [0.15, 0.2) is 5.78 Å². The largest absolute Gasteiger partial charge is 0.463 e. The molecule has 8 nitrogen and oxygen atoms in total. The molecule has 1 saturated heterocycles. The summed E-state index contributed by atoms with van der Waals surface area (Å²) in [7, 11) is 0. The van der Waals surface area contributed by atoms with Crippen LogP contribution in [0.1, 0.15) is 38.4 Å². The fraction of sp³-hybridized carbons (Fsp3) is 0.389. The monoisotopic (exact) mass is 517 g/mol. The zero-order chi connectivity index (χ0) is 20.6. The molecule has 150 valence electrons. The summed E-state index contributed by atoms with van der Waals surface area (Å²) >= 11 is 6.79. The lowest BCUT2D eigenvalue weighted by molar-refractivity contribution is -0.384. The fourth-order valence-corrected chi connectivity index (χ4v) is 4.08. The highest BCUT2D eigenvalue weighted by Gasteiger charge is 2.39. The molecule has 10 heteroatoms. The molecular formula is C18H17Br2NO7. The molecule has 0 amide bonds. The van der Waals surface area contributed by atoms with Crippen LogP contribution in [0.3, 0.4) is 0 Å². The van der Waals surface area contributed by atoms with Crippen molar-refractivity contribution in [1.82, 2.24) is 0 Å². The van der Waals surface area contributed by atoms with Gasteiger partial charge in [0.05, 0.1) is 26.7 Å². The second-order valence-electron chi connectivity index (χ2n) is 6.45. The number of carbonyl (C=O) groups is 1. The number of non-ortho nitro benzene ring substituents is 1. The Morgan fingerprint density at radius 2 is 2.04 bits per heavy atom. The van der Waals surface area contributed by atoms with Gasteiger partial charge < -0.3 is 19.4 Å². The van der Waals surface area contributed by atoms with Crippen LogP contribution in [0.2, 0.25) is 0 Å². The smallest absolute Gasteiger partial charge is 0.269 e. The third-order valence-corrected chi connectivity index (χ3v) is 7.25.